The molecule has 0 radical (unpaired) electrons. The standard InChI is InChI=1S/C14H9F3N2O2/c15-10-5-11(19)13(6-12(10)21-14(16)17)20-9-3-1-2-8(4-9)7-18/h1-6,14H,19H2. The fourth-order valence-electron chi connectivity index (χ4n) is 1.58. The van der Waals surface area contributed by atoms with Gasteiger partial charge in [-0.15, -0.1) is 0 Å². The van der Waals surface area contributed by atoms with Gasteiger partial charge >= 0.3 is 6.61 Å². The highest BCUT2D eigenvalue weighted by atomic mass is 19.3. The molecule has 21 heavy (non-hydrogen) atoms. The Hall–Kier alpha value is -2.88. The van der Waals surface area contributed by atoms with E-state index in [2.05, 4.69) is 4.74 Å². The molecule has 0 fully saturated rings. The number of benzene rings is 2. The van der Waals surface area contributed by atoms with Crippen molar-refractivity contribution in [2.75, 3.05) is 5.73 Å². The zero-order chi connectivity index (χ0) is 15.4. The van der Waals surface area contributed by atoms with Gasteiger partial charge in [0.05, 0.1) is 17.3 Å². The molecule has 0 aliphatic rings. The summed E-state index contributed by atoms with van der Waals surface area (Å²) in [6, 6.07) is 9.77. The van der Waals surface area contributed by atoms with Crippen molar-refractivity contribution in [1.82, 2.24) is 0 Å². The second-order valence-electron chi connectivity index (χ2n) is 3.94. The molecule has 0 atom stereocenters. The lowest BCUT2D eigenvalue weighted by Crippen LogP contribution is -2.05. The van der Waals surface area contributed by atoms with Gasteiger partial charge in [0.1, 0.15) is 5.75 Å². The SMILES string of the molecule is N#Cc1cccc(Oc2cc(OC(F)F)c(F)cc2N)c1. The molecular formula is C14H9F3N2O2. The van der Waals surface area contributed by atoms with E-state index in [1.807, 2.05) is 6.07 Å². The third kappa shape index (κ3) is 3.57. The van der Waals surface area contributed by atoms with Crippen LogP contribution in [0.4, 0.5) is 18.9 Å². The summed E-state index contributed by atoms with van der Waals surface area (Å²) in [6.45, 7) is -3.17. The third-order valence-electron chi connectivity index (χ3n) is 2.47. The third-order valence-corrected chi connectivity index (χ3v) is 2.47. The van der Waals surface area contributed by atoms with Crippen molar-refractivity contribution in [3.63, 3.8) is 0 Å². The quantitative estimate of drug-likeness (QED) is 0.873. The van der Waals surface area contributed by atoms with Crippen molar-refractivity contribution in [1.29, 1.82) is 5.26 Å². The largest absolute Gasteiger partial charge is 0.455 e. The van der Waals surface area contributed by atoms with Crippen molar-refractivity contribution in [2.24, 2.45) is 0 Å². The Bertz CT molecular complexity index is 699. The van der Waals surface area contributed by atoms with Gasteiger partial charge in [0.25, 0.3) is 0 Å². The maximum atomic E-state index is 13.4. The predicted octanol–water partition coefficient (Wildman–Crippen LogP) is 3.67. The van der Waals surface area contributed by atoms with Crippen molar-refractivity contribution < 1.29 is 22.6 Å². The first-order chi connectivity index (χ1) is 9.99. The van der Waals surface area contributed by atoms with Crippen LogP contribution in [0.5, 0.6) is 17.2 Å². The molecule has 4 nitrogen and oxygen atoms in total. The maximum absolute atomic E-state index is 13.4. The Labute approximate surface area is 118 Å². The van der Waals surface area contributed by atoms with Gasteiger partial charge < -0.3 is 15.2 Å². The van der Waals surface area contributed by atoms with Crippen LogP contribution >= 0.6 is 0 Å². The van der Waals surface area contributed by atoms with E-state index in [-0.39, 0.29) is 17.2 Å². The maximum Gasteiger partial charge on any atom is 0.387 e. The van der Waals surface area contributed by atoms with Crippen molar-refractivity contribution >= 4 is 5.69 Å². The minimum atomic E-state index is -3.17. The minimum absolute atomic E-state index is 0.0536. The Morgan fingerprint density at radius 3 is 2.57 bits per heavy atom. The van der Waals surface area contributed by atoms with Crippen LogP contribution in [0.15, 0.2) is 36.4 Å². The van der Waals surface area contributed by atoms with Crippen LogP contribution in [0.25, 0.3) is 0 Å². The lowest BCUT2D eigenvalue weighted by Gasteiger charge is -2.12. The van der Waals surface area contributed by atoms with E-state index in [1.165, 1.54) is 12.1 Å². The molecule has 7 heteroatoms. The number of nitrogens with zero attached hydrogens (tertiary/aromatic N) is 1. The number of halogens is 3. The van der Waals surface area contributed by atoms with E-state index in [0.29, 0.717) is 5.56 Å². The van der Waals surface area contributed by atoms with Crippen molar-refractivity contribution in [3.05, 3.63) is 47.8 Å². The van der Waals surface area contributed by atoms with Gasteiger partial charge in [0.2, 0.25) is 0 Å². The summed E-state index contributed by atoms with van der Waals surface area (Å²) in [7, 11) is 0. The molecule has 0 aliphatic carbocycles. The second kappa shape index (κ2) is 6.05. The summed E-state index contributed by atoms with van der Waals surface area (Å²) in [5.41, 5.74) is 5.82. The molecule has 0 saturated heterocycles. The lowest BCUT2D eigenvalue weighted by atomic mass is 10.2. The fourth-order valence-corrected chi connectivity index (χ4v) is 1.58. The Morgan fingerprint density at radius 1 is 1.14 bits per heavy atom. The van der Waals surface area contributed by atoms with Gasteiger partial charge in [-0.1, -0.05) is 6.07 Å². The lowest BCUT2D eigenvalue weighted by molar-refractivity contribution is -0.0522. The highest BCUT2D eigenvalue weighted by Gasteiger charge is 2.14. The molecule has 2 N–H and O–H groups in total. The number of nitrogens with two attached hydrogens (primary N) is 1. The van der Waals surface area contributed by atoms with Gasteiger partial charge in [0, 0.05) is 12.1 Å². The number of nitriles is 1. The summed E-state index contributed by atoms with van der Waals surface area (Å²) in [5, 5.41) is 8.78. The molecule has 0 heterocycles. The average Bonchev–Trinajstić information content (AvgIpc) is 2.44. The topological polar surface area (TPSA) is 68.3 Å². The Balaban J connectivity index is 2.32. The van der Waals surface area contributed by atoms with Gasteiger partial charge in [0.15, 0.2) is 17.3 Å². The number of anilines is 1. The van der Waals surface area contributed by atoms with Crippen LogP contribution in [-0.2, 0) is 0 Å². The second-order valence-corrected chi connectivity index (χ2v) is 3.94. The average molecular weight is 294 g/mol. The zero-order valence-electron chi connectivity index (χ0n) is 10.5. The molecule has 108 valence electrons. The molecular weight excluding hydrogens is 285 g/mol. The van der Waals surface area contributed by atoms with Gasteiger partial charge in [-0.3, -0.25) is 0 Å². The molecule has 0 bridgehead atoms. The molecule has 0 saturated carbocycles. The highest BCUT2D eigenvalue weighted by molar-refractivity contribution is 5.58. The summed E-state index contributed by atoms with van der Waals surface area (Å²) in [4.78, 5) is 0. The molecule has 0 spiro atoms. The fraction of sp³-hybridized carbons (Fsp3) is 0.0714. The van der Waals surface area contributed by atoms with Crippen LogP contribution in [0, 0.1) is 17.1 Å². The molecule has 2 aromatic rings. The predicted molar refractivity (Wildman–Crippen MR) is 68.7 cm³/mol. The molecule has 0 aromatic heterocycles. The summed E-state index contributed by atoms with van der Waals surface area (Å²) < 4.78 is 47.1. The smallest absolute Gasteiger partial charge is 0.387 e. The summed E-state index contributed by atoms with van der Waals surface area (Å²) in [5.74, 6) is -1.49. The molecule has 0 aliphatic heterocycles. The van der Waals surface area contributed by atoms with Crippen molar-refractivity contribution in [3.8, 4) is 23.3 Å². The number of ether oxygens (including phenoxy) is 2. The van der Waals surface area contributed by atoms with Crippen LogP contribution in [0.3, 0.4) is 0 Å². The number of hydrogen-bond donors (Lipinski definition) is 1. The monoisotopic (exact) mass is 294 g/mol. The van der Waals surface area contributed by atoms with Crippen LogP contribution in [0.1, 0.15) is 5.56 Å². The first kappa shape index (κ1) is 14.5. The van der Waals surface area contributed by atoms with E-state index in [0.717, 1.165) is 12.1 Å². The van der Waals surface area contributed by atoms with E-state index in [9.17, 15) is 13.2 Å². The van der Waals surface area contributed by atoms with E-state index in [4.69, 9.17) is 15.7 Å². The van der Waals surface area contributed by atoms with Crippen LogP contribution < -0.4 is 15.2 Å². The Morgan fingerprint density at radius 2 is 1.90 bits per heavy atom. The molecule has 2 aromatic carbocycles. The number of alkyl halides is 2. The zero-order valence-corrected chi connectivity index (χ0v) is 10.5. The molecule has 0 amide bonds. The minimum Gasteiger partial charge on any atom is -0.455 e. The molecule has 0 unspecified atom stereocenters. The summed E-state index contributed by atoms with van der Waals surface area (Å²) in [6.07, 6.45) is 0. The van der Waals surface area contributed by atoms with Gasteiger partial charge in [-0.2, -0.15) is 14.0 Å². The van der Waals surface area contributed by atoms with Crippen LogP contribution in [-0.4, -0.2) is 6.61 Å². The van der Waals surface area contributed by atoms with E-state index in [1.54, 1.807) is 12.1 Å². The number of hydrogen-bond acceptors (Lipinski definition) is 4. The first-order valence-corrected chi connectivity index (χ1v) is 5.71. The van der Waals surface area contributed by atoms with E-state index >= 15 is 0 Å². The van der Waals surface area contributed by atoms with Gasteiger partial charge in [-0.25, -0.2) is 4.39 Å². The summed E-state index contributed by atoms with van der Waals surface area (Å²) >= 11 is 0. The normalized spacial score (nSPS) is 10.2. The van der Waals surface area contributed by atoms with Crippen molar-refractivity contribution in [2.45, 2.75) is 6.61 Å². The number of rotatable bonds is 4. The first-order valence-electron chi connectivity index (χ1n) is 5.71. The molecule has 2 rings (SSSR count). The number of nitrogen functional groups attached to an aromatic ring is 1. The highest BCUT2D eigenvalue weighted by Crippen LogP contribution is 2.34. The van der Waals surface area contributed by atoms with Gasteiger partial charge in [-0.05, 0) is 18.2 Å². The Kier molecular flexibility index (Phi) is 4.18. The van der Waals surface area contributed by atoms with E-state index < -0.39 is 18.2 Å². The van der Waals surface area contributed by atoms with Crippen LogP contribution in [0.2, 0.25) is 0 Å².